The monoisotopic (exact) mass is 395 g/mol. The van der Waals surface area contributed by atoms with E-state index in [9.17, 15) is 9.18 Å². The van der Waals surface area contributed by atoms with E-state index in [0.29, 0.717) is 11.0 Å². The van der Waals surface area contributed by atoms with Gasteiger partial charge in [0.2, 0.25) is 5.91 Å². The Morgan fingerprint density at radius 1 is 1.20 bits per heavy atom. The number of nitrogens with zero attached hydrogens (tertiary/aromatic N) is 1. The molecule has 0 unspecified atom stereocenters. The predicted octanol–water partition coefficient (Wildman–Crippen LogP) is 5.28. The van der Waals surface area contributed by atoms with Crippen LogP contribution >= 0.6 is 35.1 Å². The van der Waals surface area contributed by atoms with Crippen LogP contribution in [0.25, 0.3) is 0 Å². The number of carbonyl (C=O) groups excluding carboxylic acids is 1. The van der Waals surface area contributed by atoms with Crippen LogP contribution < -0.4 is 0 Å². The van der Waals surface area contributed by atoms with Gasteiger partial charge in [0.15, 0.2) is 0 Å². The molecule has 1 amide bonds. The van der Waals surface area contributed by atoms with Crippen LogP contribution in [-0.4, -0.2) is 35.4 Å². The first-order chi connectivity index (χ1) is 12.1. The molecule has 0 aromatic heterocycles. The topological polar surface area (TPSA) is 20.3 Å². The maximum atomic E-state index is 12.9. The largest absolute Gasteiger partial charge is 0.341 e. The van der Waals surface area contributed by atoms with Gasteiger partial charge in [0.25, 0.3) is 0 Å². The fraction of sp³-hybridized carbons (Fsp3) is 0.316. The third kappa shape index (κ3) is 5.16. The molecule has 1 aliphatic heterocycles. The molecule has 2 nitrogen and oxygen atoms in total. The van der Waals surface area contributed by atoms with Crippen LogP contribution in [0.1, 0.15) is 17.2 Å². The zero-order chi connectivity index (χ0) is 17.6. The first-order valence-electron chi connectivity index (χ1n) is 8.15. The minimum Gasteiger partial charge on any atom is -0.341 e. The van der Waals surface area contributed by atoms with E-state index < -0.39 is 0 Å². The number of carbonyl (C=O) groups is 1. The summed E-state index contributed by atoms with van der Waals surface area (Å²) >= 11 is 9.63. The third-order valence-corrected chi connectivity index (χ3v) is 6.77. The summed E-state index contributed by atoms with van der Waals surface area (Å²) in [6.07, 6.45) is 0.904. The summed E-state index contributed by atoms with van der Waals surface area (Å²) in [4.78, 5) is 15.3. The molecule has 1 heterocycles. The molecule has 132 valence electrons. The molecular weight excluding hydrogens is 377 g/mol. The number of hydrogen-bond donors (Lipinski definition) is 0. The summed E-state index contributed by atoms with van der Waals surface area (Å²) in [5.74, 6) is 1.16. The lowest BCUT2D eigenvalue weighted by atomic mass is 10.1. The molecule has 1 aliphatic rings. The second kappa shape index (κ2) is 8.97. The minimum absolute atomic E-state index is 0.134. The molecular formula is C19H19ClFNOS2. The van der Waals surface area contributed by atoms with Crippen molar-refractivity contribution >= 4 is 41.0 Å². The number of rotatable bonds is 4. The maximum absolute atomic E-state index is 12.9. The molecule has 6 heteroatoms. The Hall–Kier alpha value is -1.17. The predicted molar refractivity (Wildman–Crippen MR) is 105 cm³/mol. The highest BCUT2D eigenvalue weighted by Crippen LogP contribution is 2.37. The molecule has 0 N–H and O–H groups in total. The van der Waals surface area contributed by atoms with E-state index in [2.05, 4.69) is 6.07 Å². The molecule has 25 heavy (non-hydrogen) atoms. The fourth-order valence-electron chi connectivity index (χ4n) is 2.77. The normalized spacial score (nSPS) is 18.0. The molecule has 2 aromatic rings. The van der Waals surface area contributed by atoms with Crippen LogP contribution in [0.3, 0.4) is 0 Å². The Bertz CT molecular complexity index is 726. The number of benzene rings is 2. The van der Waals surface area contributed by atoms with Gasteiger partial charge in [0.1, 0.15) is 5.82 Å². The van der Waals surface area contributed by atoms with Gasteiger partial charge in [-0.25, -0.2) is 4.39 Å². The Kier molecular flexibility index (Phi) is 6.68. The van der Waals surface area contributed by atoms with E-state index in [1.807, 2.05) is 34.9 Å². The van der Waals surface area contributed by atoms with E-state index in [1.54, 1.807) is 12.1 Å². The van der Waals surface area contributed by atoms with Crippen molar-refractivity contribution in [2.45, 2.75) is 16.6 Å². The highest BCUT2D eigenvalue weighted by molar-refractivity contribution is 8.00. The molecule has 1 atom stereocenters. The van der Waals surface area contributed by atoms with Crippen LogP contribution in [0, 0.1) is 5.82 Å². The van der Waals surface area contributed by atoms with E-state index >= 15 is 0 Å². The molecule has 0 radical (unpaired) electrons. The molecule has 0 bridgehead atoms. The van der Waals surface area contributed by atoms with Gasteiger partial charge in [0.05, 0.1) is 5.75 Å². The summed E-state index contributed by atoms with van der Waals surface area (Å²) in [6.45, 7) is 1.50. The molecule has 0 spiro atoms. The highest BCUT2D eigenvalue weighted by atomic mass is 35.5. The maximum Gasteiger partial charge on any atom is 0.232 e. The van der Waals surface area contributed by atoms with Crippen LogP contribution in [0.2, 0.25) is 5.02 Å². The van der Waals surface area contributed by atoms with Crippen molar-refractivity contribution < 1.29 is 9.18 Å². The number of thioether (sulfide) groups is 2. The summed E-state index contributed by atoms with van der Waals surface area (Å²) in [5.41, 5.74) is 1.16. The lowest BCUT2D eigenvalue weighted by Gasteiger charge is -2.20. The Morgan fingerprint density at radius 3 is 2.72 bits per heavy atom. The highest BCUT2D eigenvalue weighted by Gasteiger charge is 2.23. The lowest BCUT2D eigenvalue weighted by molar-refractivity contribution is -0.128. The van der Waals surface area contributed by atoms with Crippen LogP contribution in [0.15, 0.2) is 53.4 Å². The Labute approximate surface area is 161 Å². The molecule has 1 saturated heterocycles. The van der Waals surface area contributed by atoms with Crippen LogP contribution in [-0.2, 0) is 4.79 Å². The van der Waals surface area contributed by atoms with Crippen molar-refractivity contribution in [3.63, 3.8) is 0 Å². The smallest absolute Gasteiger partial charge is 0.232 e. The van der Waals surface area contributed by atoms with Crippen molar-refractivity contribution in [1.29, 1.82) is 0 Å². The summed E-state index contributed by atoms with van der Waals surface area (Å²) in [7, 11) is 0. The average molecular weight is 396 g/mol. The Balaban J connectivity index is 1.54. The number of amides is 1. The minimum atomic E-state index is -0.258. The van der Waals surface area contributed by atoms with Crippen LogP contribution in [0.4, 0.5) is 4.39 Å². The van der Waals surface area contributed by atoms with Gasteiger partial charge >= 0.3 is 0 Å². The van der Waals surface area contributed by atoms with Gasteiger partial charge in [0, 0.05) is 34.0 Å². The average Bonchev–Trinajstić information content (AvgIpc) is 2.87. The number of hydrogen-bond acceptors (Lipinski definition) is 3. The quantitative estimate of drug-likeness (QED) is 0.657. The molecule has 3 rings (SSSR count). The van der Waals surface area contributed by atoms with Gasteiger partial charge in [-0.3, -0.25) is 4.79 Å². The van der Waals surface area contributed by atoms with Crippen LogP contribution in [0.5, 0.6) is 0 Å². The van der Waals surface area contributed by atoms with Crippen molar-refractivity contribution in [2.24, 2.45) is 0 Å². The van der Waals surface area contributed by atoms with E-state index in [4.69, 9.17) is 11.6 Å². The molecule has 1 fully saturated rings. The first kappa shape index (κ1) is 18.6. The molecule has 0 saturated carbocycles. The van der Waals surface area contributed by atoms with Gasteiger partial charge < -0.3 is 4.90 Å². The second-order valence-corrected chi connectivity index (χ2v) is 8.56. The lowest BCUT2D eigenvalue weighted by Crippen LogP contribution is -2.34. The van der Waals surface area contributed by atoms with E-state index in [1.165, 1.54) is 23.9 Å². The fourth-order valence-corrected chi connectivity index (χ4v) is 5.17. The summed E-state index contributed by atoms with van der Waals surface area (Å²) < 4.78 is 12.9. The van der Waals surface area contributed by atoms with Crippen molar-refractivity contribution in [3.8, 4) is 0 Å². The van der Waals surface area contributed by atoms with Crippen molar-refractivity contribution in [3.05, 3.63) is 64.9 Å². The van der Waals surface area contributed by atoms with Gasteiger partial charge in [-0.15, -0.1) is 11.8 Å². The van der Waals surface area contributed by atoms with Crippen molar-refractivity contribution in [2.75, 3.05) is 24.6 Å². The standard InChI is InChI=1S/C19H19ClFNOS2/c20-17-4-2-1-3-16(17)18-9-10-22(11-12-24-18)19(23)13-25-15-7-5-14(21)6-8-15/h1-8,18H,9-13H2/t18-/m1/s1. The van der Waals surface area contributed by atoms with Gasteiger partial charge in [-0.2, -0.15) is 11.8 Å². The van der Waals surface area contributed by atoms with Crippen molar-refractivity contribution in [1.82, 2.24) is 4.90 Å². The van der Waals surface area contributed by atoms with Gasteiger partial charge in [-0.05, 0) is 42.3 Å². The SMILES string of the molecule is O=C(CSc1ccc(F)cc1)N1CCS[C@@H](c2ccccc2Cl)CC1. The van der Waals surface area contributed by atoms with E-state index in [0.717, 1.165) is 40.7 Å². The third-order valence-electron chi connectivity index (χ3n) is 4.12. The summed E-state index contributed by atoms with van der Waals surface area (Å²) in [5, 5.41) is 1.13. The molecule has 0 aliphatic carbocycles. The number of halogens is 2. The zero-order valence-electron chi connectivity index (χ0n) is 13.7. The zero-order valence-corrected chi connectivity index (χ0v) is 16.0. The summed E-state index contributed by atoms with van der Waals surface area (Å²) in [6, 6.07) is 14.2. The molecule has 2 aromatic carbocycles. The second-order valence-electron chi connectivity index (χ2n) is 5.79. The van der Waals surface area contributed by atoms with Gasteiger partial charge in [-0.1, -0.05) is 29.8 Å². The van der Waals surface area contributed by atoms with E-state index in [-0.39, 0.29) is 11.7 Å². The first-order valence-corrected chi connectivity index (χ1v) is 10.6. The Morgan fingerprint density at radius 2 is 1.96 bits per heavy atom.